The fourth-order valence-electron chi connectivity index (χ4n) is 2.18. The van der Waals surface area contributed by atoms with Crippen molar-refractivity contribution in [2.75, 3.05) is 46.9 Å². The number of amides is 2. The van der Waals surface area contributed by atoms with Gasteiger partial charge in [0.25, 0.3) is 5.91 Å². The Bertz CT molecular complexity index is 760. The number of sulfonamides is 1. The molecule has 1 fully saturated rings. The quantitative estimate of drug-likeness (QED) is 0.775. The standard InChI is InChI=1S/C15H20ClN3O5S/c1-18(2)14(20)10-17-15(21)12-9-11(3-4-13(12)16)25(22,23)19-5-7-24-8-6-19/h3-4,9H,5-8,10H2,1-2H3,(H,17,21). The van der Waals surface area contributed by atoms with Crippen LogP contribution in [-0.2, 0) is 19.6 Å². The molecule has 0 aliphatic carbocycles. The van der Waals surface area contributed by atoms with E-state index in [-0.39, 0.29) is 41.0 Å². The van der Waals surface area contributed by atoms with Crippen molar-refractivity contribution in [3.05, 3.63) is 28.8 Å². The molecule has 1 N–H and O–H groups in total. The van der Waals surface area contributed by atoms with E-state index in [0.29, 0.717) is 13.2 Å². The van der Waals surface area contributed by atoms with Crippen LogP contribution in [0, 0.1) is 0 Å². The van der Waals surface area contributed by atoms with E-state index in [9.17, 15) is 18.0 Å². The highest BCUT2D eigenvalue weighted by Gasteiger charge is 2.27. The molecule has 2 rings (SSSR count). The fourth-order valence-corrected chi connectivity index (χ4v) is 3.82. The molecule has 0 saturated carbocycles. The number of hydrogen-bond donors (Lipinski definition) is 1. The second kappa shape index (κ2) is 8.13. The number of benzene rings is 1. The summed E-state index contributed by atoms with van der Waals surface area (Å²) in [5.41, 5.74) is 0.00237. The Hall–Kier alpha value is -1.68. The van der Waals surface area contributed by atoms with Crippen molar-refractivity contribution in [3.8, 4) is 0 Å². The van der Waals surface area contributed by atoms with Gasteiger partial charge in [-0.15, -0.1) is 0 Å². The van der Waals surface area contributed by atoms with Gasteiger partial charge < -0.3 is 15.0 Å². The number of hydrogen-bond acceptors (Lipinski definition) is 5. The largest absolute Gasteiger partial charge is 0.379 e. The van der Waals surface area contributed by atoms with Gasteiger partial charge >= 0.3 is 0 Å². The van der Waals surface area contributed by atoms with Crippen LogP contribution in [0.2, 0.25) is 5.02 Å². The first-order valence-corrected chi connectivity index (χ1v) is 9.41. The Morgan fingerprint density at radius 1 is 1.28 bits per heavy atom. The van der Waals surface area contributed by atoms with Gasteiger partial charge in [0, 0.05) is 27.2 Å². The molecule has 0 bridgehead atoms. The predicted molar refractivity (Wildman–Crippen MR) is 92.1 cm³/mol. The molecule has 2 amide bonds. The van der Waals surface area contributed by atoms with Crippen LogP contribution < -0.4 is 5.32 Å². The monoisotopic (exact) mass is 389 g/mol. The smallest absolute Gasteiger partial charge is 0.253 e. The maximum Gasteiger partial charge on any atom is 0.253 e. The molecule has 0 spiro atoms. The summed E-state index contributed by atoms with van der Waals surface area (Å²) in [5, 5.41) is 2.54. The molecule has 1 aliphatic heterocycles. The molecule has 25 heavy (non-hydrogen) atoms. The van der Waals surface area contributed by atoms with Crippen LogP contribution in [0.4, 0.5) is 0 Å². The molecule has 0 atom stereocenters. The van der Waals surface area contributed by atoms with Gasteiger partial charge in [-0.3, -0.25) is 9.59 Å². The van der Waals surface area contributed by atoms with Crippen LogP contribution in [0.25, 0.3) is 0 Å². The highest BCUT2D eigenvalue weighted by atomic mass is 35.5. The average Bonchev–Trinajstić information content (AvgIpc) is 2.60. The molecule has 0 aromatic heterocycles. The minimum atomic E-state index is -3.74. The summed E-state index contributed by atoms with van der Waals surface area (Å²) in [5.74, 6) is -0.902. The van der Waals surface area contributed by atoms with E-state index in [0.717, 1.165) is 0 Å². The number of nitrogens with zero attached hydrogens (tertiary/aromatic N) is 2. The van der Waals surface area contributed by atoms with E-state index in [1.807, 2.05) is 0 Å². The molecule has 8 nitrogen and oxygen atoms in total. The molecule has 1 aromatic carbocycles. The maximum atomic E-state index is 12.7. The number of likely N-dealkylation sites (N-methyl/N-ethyl adjacent to an activating group) is 1. The first kappa shape index (κ1) is 19.6. The molecular formula is C15H20ClN3O5S. The number of rotatable bonds is 5. The van der Waals surface area contributed by atoms with Crippen LogP contribution in [0.3, 0.4) is 0 Å². The Kier molecular flexibility index (Phi) is 6.39. The number of morpholine rings is 1. The zero-order valence-electron chi connectivity index (χ0n) is 14.0. The zero-order chi connectivity index (χ0) is 18.6. The topological polar surface area (TPSA) is 96.0 Å². The highest BCUT2D eigenvalue weighted by Crippen LogP contribution is 2.23. The molecule has 10 heteroatoms. The number of nitrogens with one attached hydrogen (secondary N) is 1. The van der Waals surface area contributed by atoms with Gasteiger partial charge in [-0.2, -0.15) is 4.31 Å². The van der Waals surface area contributed by atoms with E-state index in [1.165, 1.54) is 27.4 Å². The lowest BCUT2D eigenvalue weighted by Gasteiger charge is -2.26. The third kappa shape index (κ3) is 4.69. The molecule has 1 saturated heterocycles. The van der Waals surface area contributed by atoms with E-state index in [4.69, 9.17) is 16.3 Å². The molecule has 1 heterocycles. The number of carbonyl (C=O) groups is 2. The summed E-state index contributed by atoms with van der Waals surface area (Å²) >= 11 is 6.02. The third-order valence-electron chi connectivity index (χ3n) is 3.69. The minimum absolute atomic E-state index is 0.00237. The second-order valence-electron chi connectivity index (χ2n) is 5.63. The van der Waals surface area contributed by atoms with Gasteiger partial charge in [0.2, 0.25) is 15.9 Å². The lowest BCUT2D eigenvalue weighted by molar-refractivity contribution is -0.127. The molecule has 0 unspecified atom stereocenters. The van der Waals surface area contributed by atoms with E-state index >= 15 is 0 Å². The van der Waals surface area contributed by atoms with E-state index in [1.54, 1.807) is 14.1 Å². The van der Waals surface area contributed by atoms with Gasteiger partial charge in [0.15, 0.2) is 0 Å². The summed E-state index contributed by atoms with van der Waals surface area (Å²) in [6, 6.07) is 3.94. The first-order valence-electron chi connectivity index (χ1n) is 7.59. The van der Waals surface area contributed by atoms with Crippen molar-refractivity contribution in [1.29, 1.82) is 0 Å². The fraction of sp³-hybridized carbons (Fsp3) is 0.467. The van der Waals surface area contributed by atoms with Gasteiger partial charge in [-0.25, -0.2) is 8.42 Å². The Labute approximate surface area is 151 Å². The van der Waals surface area contributed by atoms with Crippen molar-refractivity contribution in [2.24, 2.45) is 0 Å². The molecule has 138 valence electrons. The zero-order valence-corrected chi connectivity index (χ0v) is 15.6. The molecule has 1 aromatic rings. The van der Waals surface area contributed by atoms with E-state index in [2.05, 4.69) is 5.32 Å². The van der Waals surface area contributed by atoms with Crippen molar-refractivity contribution in [2.45, 2.75) is 4.90 Å². The van der Waals surface area contributed by atoms with Crippen LogP contribution in [-0.4, -0.2) is 76.4 Å². The van der Waals surface area contributed by atoms with Crippen LogP contribution in [0.1, 0.15) is 10.4 Å². The number of halogens is 1. The lowest BCUT2D eigenvalue weighted by atomic mass is 10.2. The summed E-state index contributed by atoms with van der Waals surface area (Å²) in [7, 11) is -0.607. The van der Waals surface area contributed by atoms with Gasteiger partial charge in [0.1, 0.15) is 0 Å². The molecule has 0 radical (unpaired) electrons. The third-order valence-corrected chi connectivity index (χ3v) is 5.91. The van der Waals surface area contributed by atoms with Gasteiger partial charge in [0.05, 0.1) is 35.2 Å². The summed E-state index contributed by atoms with van der Waals surface area (Å²) < 4.78 is 31.8. The Morgan fingerprint density at radius 3 is 2.52 bits per heavy atom. The Morgan fingerprint density at radius 2 is 1.92 bits per heavy atom. The lowest BCUT2D eigenvalue weighted by Crippen LogP contribution is -2.40. The van der Waals surface area contributed by atoms with E-state index < -0.39 is 15.9 Å². The van der Waals surface area contributed by atoms with Crippen molar-refractivity contribution in [1.82, 2.24) is 14.5 Å². The van der Waals surface area contributed by atoms with Crippen molar-refractivity contribution in [3.63, 3.8) is 0 Å². The maximum absolute atomic E-state index is 12.7. The van der Waals surface area contributed by atoms with Crippen LogP contribution >= 0.6 is 11.6 Å². The number of ether oxygens (including phenoxy) is 1. The SMILES string of the molecule is CN(C)C(=O)CNC(=O)c1cc(S(=O)(=O)N2CCOCC2)ccc1Cl. The average molecular weight is 390 g/mol. The first-order chi connectivity index (χ1) is 11.7. The highest BCUT2D eigenvalue weighted by molar-refractivity contribution is 7.89. The molecule has 1 aliphatic rings. The summed E-state index contributed by atoms with van der Waals surface area (Å²) in [6.45, 7) is 0.954. The molecular weight excluding hydrogens is 370 g/mol. The van der Waals surface area contributed by atoms with Crippen LogP contribution in [0.15, 0.2) is 23.1 Å². The van der Waals surface area contributed by atoms with Gasteiger partial charge in [-0.1, -0.05) is 11.6 Å². The van der Waals surface area contributed by atoms with Crippen molar-refractivity contribution < 1.29 is 22.7 Å². The minimum Gasteiger partial charge on any atom is -0.379 e. The number of carbonyl (C=O) groups excluding carboxylic acids is 2. The van der Waals surface area contributed by atoms with Gasteiger partial charge in [-0.05, 0) is 18.2 Å². The summed E-state index contributed by atoms with van der Waals surface area (Å²) in [4.78, 5) is 25.1. The Balaban J connectivity index is 2.22. The predicted octanol–water partition coefficient (Wildman–Crippen LogP) is 0.179. The normalized spacial score (nSPS) is 15.6. The second-order valence-corrected chi connectivity index (χ2v) is 7.97. The van der Waals surface area contributed by atoms with Crippen molar-refractivity contribution >= 4 is 33.4 Å². The summed E-state index contributed by atoms with van der Waals surface area (Å²) in [6.07, 6.45) is 0. The van der Waals surface area contributed by atoms with Crippen LogP contribution in [0.5, 0.6) is 0 Å².